The van der Waals surface area contributed by atoms with Gasteiger partial charge >= 0.3 is 0 Å². The van der Waals surface area contributed by atoms with Crippen molar-refractivity contribution in [1.29, 1.82) is 0 Å². The van der Waals surface area contributed by atoms with Crippen molar-refractivity contribution in [3.63, 3.8) is 0 Å². The van der Waals surface area contributed by atoms with Gasteiger partial charge in [0.15, 0.2) is 5.13 Å². The van der Waals surface area contributed by atoms with Gasteiger partial charge in [0.05, 0.1) is 23.4 Å². The molecule has 30 heavy (non-hydrogen) atoms. The van der Waals surface area contributed by atoms with Crippen molar-refractivity contribution in [1.82, 2.24) is 15.3 Å². The summed E-state index contributed by atoms with van der Waals surface area (Å²) in [5.74, 6) is -0.0831. The van der Waals surface area contributed by atoms with Crippen molar-refractivity contribution >= 4 is 28.3 Å². The second-order valence-electron chi connectivity index (χ2n) is 7.06. The van der Waals surface area contributed by atoms with E-state index in [1.54, 1.807) is 37.6 Å². The number of aryl methyl sites for hydroxylation is 1. The molecule has 0 radical (unpaired) electrons. The first kappa shape index (κ1) is 21.4. The monoisotopic (exact) mass is 424 g/mol. The number of pyridine rings is 1. The summed E-state index contributed by atoms with van der Waals surface area (Å²) in [7, 11) is 1.56. The number of hydrogen-bond acceptors (Lipinski definition) is 6. The van der Waals surface area contributed by atoms with Gasteiger partial charge in [0, 0.05) is 11.8 Å². The van der Waals surface area contributed by atoms with Crippen molar-refractivity contribution in [2.24, 2.45) is 5.92 Å². The van der Waals surface area contributed by atoms with E-state index >= 15 is 0 Å². The zero-order valence-electron chi connectivity index (χ0n) is 17.3. The Hall–Kier alpha value is -3.26. The van der Waals surface area contributed by atoms with Crippen LogP contribution in [0.1, 0.15) is 29.9 Å². The van der Waals surface area contributed by atoms with Crippen LogP contribution in [0.25, 0.3) is 10.6 Å². The van der Waals surface area contributed by atoms with Crippen molar-refractivity contribution in [3.05, 3.63) is 59.9 Å². The fraction of sp³-hybridized carbons (Fsp3) is 0.273. The lowest BCUT2D eigenvalue weighted by atomic mass is 10.0. The van der Waals surface area contributed by atoms with Crippen LogP contribution in [0, 0.1) is 12.8 Å². The molecular formula is C22H24N4O3S. The number of hydrogen-bond donors (Lipinski definition) is 2. The first-order chi connectivity index (χ1) is 14.4. The molecule has 2 aromatic heterocycles. The van der Waals surface area contributed by atoms with Gasteiger partial charge in [-0.25, -0.2) is 4.98 Å². The van der Waals surface area contributed by atoms with E-state index in [4.69, 9.17) is 4.74 Å². The molecule has 156 valence electrons. The molecule has 0 saturated heterocycles. The number of carbonyl (C=O) groups is 2. The van der Waals surface area contributed by atoms with Crippen LogP contribution in [-0.4, -0.2) is 34.9 Å². The summed E-state index contributed by atoms with van der Waals surface area (Å²) in [6.45, 7) is 5.64. The van der Waals surface area contributed by atoms with E-state index in [1.165, 1.54) is 11.3 Å². The van der Waals surface area contributed by atoms with Gasteiger partial charge in [0.25, 0.3) is 5.91 Å². The molecule has 2 N–H and O–H groups in total. The van der Waals surface area contributed by atoms with E-state index in [2.05, 4.69) is 20.6 Å². The molecular weight excluding hydrogens is 400 g/mol. The molecule has 1 unspecified atom stereocenters. The van der Waals surface area contributed by atoms with Crippen molar-refractivity contribution < 1.29 is 14.3 Å². The number of thiazole rings is 1. The van der Waals surface area contributed by atoms with Crippen molar-refractivity contribution in [2.75, 3.05) is 12.4 Å². The Kier molecular flexibility index (Phi) is 6.79. The van der Waals surface area contributed by atoms with E-state index in [1.807, 2.05) is 39.0 Å². The molecule has 2 amide bonds. The van der Waals surface area contributed by atoms with Crippen LogP contribution < -0.4 is 15.4 Å². The van der Waals surface area contributed by atoms with Crippen LogP contribution in [-0.2, 0) is 4.79 Å². The normalized spacial score (nSPS) is 11.8. The highest BCUT2D eigenvalue weighted by molar-refractivity contribution is 7.19. The second-order valence-corrected chi connectivity index (χ2v) is 8.06. The number of ether oxygens (including phenoxy) is 1. The smallest absolute Gasteiger partial charge is 0.251 e. The predicted molar refractivity (Wildman–Crippen MR) is 118 cm³/mol. The van der Waals surface area contributed by atoms with Gasteiger partial charge < -0.3 is 15.4 Å². The van der Waals surface area contributed by atoms with E-state index in [9.17, 15) is 9.59 Å². The molecule has 0 bridgehead atoms. The molecule has 0 fully saturated rings. The maximum absolute atomic E-state index is 12.9. The van der Waals surface area contributed by atoms with Gasteiger partial charge in [-0.15, -0.1) is 0 Å². The molecule has 8 heteroatoms. The Labute approximate surface area is 179 Å². The van der Waals surface area contributed by atoms with Gasteiger partial charge in [0.2, 0.25) is 5.91 Å². The van der Waals surface area contributed by atoms with Gasteiger partial charge in [0.1, 0.15) is 11.8 Å². The number of methoxy groups -OCH3 is 1. The maximum Gasteiger partial charge on any atom is 0.251 e. The lowest BCUT2D eigenvalue weighted by Crippen LogP contribution is -2.47. The third-order valence-corrected chi connectivity index (χ3v) is 5.61. The number of aromatic nitrogens is 2. The number of nitrogens with one attached hydrogen (secondary N) is 2. The van der Waals surface area contributed by atoms with E-state index in [0.29, 0.717) is 16.4 Å². The molecule has 0 aliphatic rings. The Morgan fingerprint density at radius 3 is 2.43 bits per heavy atom. The molecule has 1 atom stereocenters. The maximum atomic E-state index is 12.9. The highest BCUT2D eigenvalue weighted by Crippen LogP contribution is 2.31. The minimum atomic E-state index is -0.706. The zero-order valence-corrected chi connectivity index (χ0v) is 18.1. The second kappa shape index (κ2) is 9.49. The number of nitrogens with zero attached hydrogens (tertiary/aromatic N) is 2. The Morgan fingerprint density at radius 1 is 1.10 bits per heavy atom. The number of rotatable bonds is 7. The first-order valence-corrected chi connectivity index (χ1v) is 10.3. The molecule has 3 aromatic rings. The third-order valence-electron chi connectivity index (χ3n) is 4.51. The molecule has 0 aliphatic carbocycles. The van der Waals surface area contributed by atoms with Crippen molar-refractivity contribution in [2.45, 2.75) is 26.8 Å². The standard InChI is InChI=1S/C22H24N4O3S/c1-13(2)18(25-20(27)15-8-10-16(29-4)11-9-15)21(28)26-22-24-14(3)19(30-22)17-7-5-6-12-23-17/h5-13,18H,1-4H3,(H,25,27)(H,24,26,28). The predicted octanol–water partition coefficient (Wildman–Crippen LogP) is 3.92. The average Bonchev–Trinajstić information content (AvgIpc) is 3.12. The van der Waals surface area contributed by atoms with Crippen LogP contribution >= 0.6 is 11.3 Å². The zero-order chi connectivity index (χ0) is 21.7. The third kappa shape index (κ3) is 5.01. The largest absolute Gasteiger partial charge is 0.497 e. The topological polar surface area (TPSA) is 93.2 Å². The Balaban J connectivity index is 1.72. The van der Waals surface area contributed by atoms with Gasteiger partial charge in [-0.05, 0) is 49.2 Å². The highest BCUT2D eigenvalue weighted by atomic mass is 32.1. The molecule has 0 aliphatic heterocycles. The minimum absolute atomic E-state index is 0.108. The summed E-state index contributed by atoms with van der Waals surface area (Å²) in [6, 6.07) is 11.7. The Bertz CT molecular complexity index is 1020. The quantitative estimate of drug-likeness (QED) is 0.600. The minimum Gasteiger partial charge on any atom is -0.497 e. The lowest BCUT2D eigenvalue weighted by molar-refractivity contribution is -0.118. The molecule has 0 saturated carbocycles. The summed E-state index contributed by atoms with van der Waals surface area (Å²) in [5.41, 5.74) is 2.05. The van der Waals surface area contributed by atoms with Crippen LogP contribution in [0.3, 0.4) is 0 Å². The summed E-state index contributed by atoms with van der Waals surface area (Å²) in [5, 5.41) is 6.13. The number of benzene rings is 1. The molecule has 3 rings (SSSR count). The van der Waals surface area contributed by atoms with E-state index < -0.39 is 6.04 Å². The van der Waals surface area contributed by atoms with Crippen LogP contribution in [0.15, 0.2) is 48.7 Å². The van der Waals surface area contributed by atoms with Crippen molar-refractivity contribution in [3.8, 4) is 16.3 Å². The summed E-state index contributed by atoms with van der Waals surface area (Å²) < 4.78 is 5.11. The lowest BCUT2D eigenvalue weighted by Gasteiger charge is -2.21. The fourth-order valence-corrected chi connectivity index (χ4v) is 3.82. The first-order valence-electron chi connectivity index (χ1n) is 9.53. The number of carbonyl (C=O) groups excluding carboxylic acids is 2. The summed E-state index contributed by atoms with van der Waals surface area (Å²) >= 11 is 1.36. The van der Waals surface area contributed by atoms with Gasteiger partial charge in [-0.3, -0.25) is 14.6 Å². The van der Waals surface area contributed by atoms with Crippen LogP contribution in [0.2, 0.25) is 0 Å². The van der Waals surface area contributed by atoms with Crippen LogP contribution in [0.4, 0.5) is 5.13 Å². The Morgan fingerprint density at radius 2 is 1.83 bits per heavy atom. The fourth-order valence-electron chi connectivity index (χ4n) is 2.87. The highest BCUT2D eigenvalue weighted by Gasteiger charge is 2.26. The molecule has 1 aromatic carbocycles. The molecule has 7 nitrogen and oxygen atoms in total. The van der Waals surface area contributed by atoms with Gasteiger partial charge in [-0.1, -0.05) is 31.3 Å². The van der Waals surface area contributed by atoms with E-state index in [-0.39, 0.29) is 17.7 Å². The van der Waals surface area contributed by atoms with Gasteiger partial charge in [-0.2, -0.15) is 0 Å². The SMILES string of the molecule is COc1ccc(C(=O)NC(C(=O)Nc2nc(C)c(-c3ccccn3)s2)C(C)C)cc1. The number of amides is 2. The molecule has 0 spiro atoms. The van der Waals surface area contributed by atoms with E-state index in [0.717, 1.165) is 16.3 Å². The summed E-state index contributed by atoms with van der Waals surface area (Å²) in [6.07, 6.45) is 1.72. The average molecular weight is 425 g/mol. The molecule has 2 heterocycles. The number of anilines is 1. The summed E-state index contributed by atoms with van der Waals surface area (Å²) in [4.78, 5) is 35.2. The van der Waals surface area contributed by atoms with Crippen LogP contribution in [0.5, 0.6) is 5.75 Å².